The molecule has 1 heterocycles. The van der Waals surface area contributed by atoms with E-state index in [1.54, 1.807) is 0 Å². The molecule has 1 aromatic rings. The van der Waals surface area contributed by atoms with Crippen LogP contribution in [0.2, 0.25) is 0 Å². The number of hydrogen-bond acceptors (Lipinski definition) is 2. The van der Waals surface area contributed by atoms with Crippen LogP contribution >= 0.6 is 0 Å². The Labute approximate surface area is 135 Å². The topological polar surface area (TPSA) is 21.8 Å². The molecule has 2 atom stereocenters. The number of aryl methyl sites for hydroxylation is 1. The number of allylic oxidation sites excluding steroid dienone is 1. The smallest absolute Gasteiger partial charge is 0.119 e. The Morgan fingerprint density at radius 2 is 1.95 bits per heavy atom. The van der Waals surface area contributed by atoms with Gasteiger partial charge >= 0.3 is 0 Å². The van der Waals surface area contributed by atoms with Gasteiger partial charge in [-0.25, -0.2) is 0 Å². The van der Waals surface area contributed by atoms with Crippen molar-refractivity contribution in [3.8, 4) is 5.75 Å². The molecular weight excluding hydrogens is 272 g/mol. The lowest BCUT2D eigenvalue weighted by Gasteiger charge is -2.07. The summed E-state index contributed by atoms with van der Waals surface area (Å²) in [6.07, 6.45) is 8.21. The molecule has 0 radical (unpaired) electrons. The van der Waals surface area contributed by atoms with Crippen molar-refractivity contribution in [2.24, 2.45) is 0 Å². The molecule has 0 aromatic heterocycles. The largest absolute Gasteiger partial charge is 0.490 e. The van der Waals surface area contributed by atoms with Crippen LogP contribution in [0.5, 0.6) is 5.75 Å². The lowest BCUT2D eigenvalue weighted by molar-refractivity contribution is 0.300. The maximum Gasteiger partial charge on any atom is 0.119 e. The van der Waals surface area contributed by atoms with Crippen molar-refractivity contribution in [1.82, 2.24) is 0 Å². The normalized spacial score (nSPS) is 24.4. The highest BCUT2D eigenvalue weighted by atomic mass is 16.6. The summed E-state index contributed by atoms with van der Waals surface area (Å²) in [6.45, 7) is 9.46. The summed E-state index contributed by atoms with van der Waals surface area (Å²) < 4.78 is 11.6. The molecule has 1 aromatic carbocycles. The standard InChI is InChI=1S/C20H30O2/c1-5-16-8-11-18(12-9-16)21-15-14-17(6-2)10-13-19-20(4,7-3)22-19/h8-9,11-12,14,19H,5-7,10,13,15H2,1-4H3/b17-14+. The molecule has 2 nitrogen and oxygen atoms in total. The number of hydrogen-bond donors (Lipinski definition) is 0. The molecule has 2 heteroatoms. The van der Waals surface area contributed by atoms with E-state index in [0.717, 1.165) is 37.9 Å². The fourth-order valence-electron chi connectivity index (χ4n) is 2.78. The van der Waals surface area contributed by atoms with Crippen molar-refractivity contribution in [2.45, 2.75) is 71.5 Å². The average molecular weight is 302 g/mol. The van der Waals surface area contributed by atoms with Crippen molar-refractivity contribution in [1.29, 1.82) is 0 Å². The number of benzene rings is 1. The fourth-order valence-corrected chi connectivity index (χ4v) is 2.78. The van der Waals surface area contributed by atoms with Gasteiger partial charge in [-0.2, -0.15) is 0 Å². The first-order chi connectivity index (χ1) is 10.6. The van der Waals surface area contributed by atoms with E-state index < -0.39 is 0 Å². The first kappa shape index (κ1) is 17.1. The summed E-state index contributed by atoms with van der Waals surface area (Å²) in [5, 5.41) is 0. The van der Waals surface area contributed by atoms with E-state index in [-0.39, 0.29) is 5.60 Å². The zero-order chi connectivity index (χ0) is 16.0. The number of ether oxygens (including phenoxy) is 2. The summed E-state index contributed by atoms with van der Waals surface area (Å²) in [4.78, 5) is 0. The third kappa shape index (κ3) is 4.61. The van der Waals surface area contributed by atoms with E-state index in [1.165, 1.54) is 11.1 Å². The van der Waals surface area contributed by atoms with Gasteiger partial charge in [-0.05, 0) is 62.8 Å². The van der Waals surface area contributed by atoms with Gasteiger partial charge in [0.05, 0.1) is 11.7 Å². The van der Waals surface area contributed by atoms with E-state index >= 15 is 0 Å². The monoisotopic (exact) mass is 302 g/mol. The molecular formula is C20H30O2. The minimum atomic E-state index is 0.149. The predicted molar refractivity (Wildman–Crippen MR) is 92.5 cm³/mol. The molecule has 0 bridgehead atoms. The van der Waals surface area contributed by atoms with Gasteiger partial charge in [0, 0.05) is 0 Å². The zero-order valence-electron chi connectivity index (χ0n) is 14.5. The quantitative estimate of drug-likeness (QED) is 0.455. The van der Waals surface area contributed by atoms with Crippen LogP contribution in [0.15, 0.2) is 35.9 Å². The van der Waals surface area contributed by atoms with Crippen LogP contribution in [0.3, 0.4) is 0 Å². The molecule has 0 saturated carbocycles. The predicted octanol–water partition coefficient (Wildman–Crippen LogP) is 5.31. The molecule has 22 heavy (non-hydrogen) atoms. The van der Waals surface area contributed by atoms with Gasteiger partial charge in [0.1, 0.15) is 12.4 Å². The maximum atomic E-state index is 5.81. The first-order valence-corrected chi connectivity index (χ1v) is 8.68. The SMILES string of the molecule is CC/C(=C\COc1ccc(CC)cc1)CCC1OC1(C)CC. The van der Waals surface area contributed by atoms with Gasteiger partial charge in [0.2, 0.25) is 0 Å². The lowest BCUT2D eigenvalue weighted by atomic mass is 9.98. The van der Waals surface area contributed by atoms with Crippen LogP contribution in [-0.4, -0.2) is 18.3 Å². The van der Waals surface area contributed by atoms with Gasteiger partial charge < -0.3 is 9.47 Å². The van der Waals surface area contributed by atoms with Crippen LogP contribution in [0.1, 0.15) is 58.9 Å². The molecule has 2 rings (SSSR count). The Bertz CT molecular complexity index is 489. The highest BCUT2D eigenvalue weighted by molar-refractivity contribution is 5.27. The summed E-state index contributed by atoms with van der Waals surface area (Å²) in [7, 11) is 0. The van der Waals surface area contributed by atoms with Crippen molar-refractivity contribution < 1.29 is 9.47 Å². The summed E-state index contributed by atoms with van der Waals surface area (Å²) in [5.41, 5.74) is 2.97. The van der Waals surface area contributed by atoms with Crippen LogP contribution in [0, 0.1) is 0 Å². The maximum absolute atomic E-state index is 5.81. The lowest BCUT2D eigenvalue weighted by Crippen LogP contribution is -2.07. The van der Waals surface area contributed by atoms with Crippen molar-refractivity contribution in [2.75, 3.05) is 6.61 Å². The van der Waals surface area contributed by atoms with Crippen molar-refractivity contribution in [3.63, 3.8) is 0 Å². The van der Waals surface area contributed by atoms with Gasteiger partial charge in [-0.1, -0.05) is 38.5 Å². The molecule has 122 valence electrons. The first-order valence-electron chi connectivity index (χ1n) is 8.68. The third-order valence-corrected chi connectivity index (χ3v) is 4.87. The fraction of sp³-hybridized carbons (Fsp3) is 0.600. The van der Waals surface area contributed by atoms with Crippen molar-refractivity contribution >= 4 is 0 Å². The Morgan fingerprint density at radius 3 is 2.50 bits per heavy atom. The van der Waals surface area contributed by atoms with Gasteiger partial charge in [0.15, 0.2) is 0 Å². The second kappa shape index (κ2) is 7.82. The van der Waals surface area contributed by atoms with E-state index in [9.17, 15) is 0 Å². The molecule has 2 unspecified atom stereocenters. The van der Waals surface area contributed by atoms with Gasteiger partial charge in [-0.3, -0.25) is 0 Å². The molecule has 1 aliphatic heterocycles. The van der Waals surface area contributed by atoms with E-state index in [2.05, 4.69) is 58.0 Å². The molecule has 0 spiro atoms. The molecule has 0 amide bonds. The second-order valence-corrected chi connectivity index (χ2v) is 6.34. The summed E-state index contributed by atoms with van der Waals surface area (Å²) in [6, 6.07) is 8.39. The van der Waals surface area contributed by atoms with E-state index in [0.29, 0.717) is 12.7 Å². The average Bonchev–Trinajstić information content (AvgIpc) is 3.22. The zero-order valence-corrected chi connectivity index (χ0v) is 14.5. The van der Waals surface area contributed by atoms with Crippen LogP contribution in [-0.2, 0) is 11.2 Å². The highest BCUT2D eigenvalue weighted by Gasteiger charge is 2.49. The van der Waals surface area contributed by atoms with Gasteiger partial charge in [0.25, 0.3) is 0 Å². The van der Waals surface area contributed by atoms with Crippen LogP contribution < -0.4 is 4.74 Å². The Kier molecular flexibility index (Phi) is 6.07. The molecule has 1 aliphatic rings. The molecule has 1 saturated heterocycles. The Morgan fingerprint density at radius 1 is 1.23 bits per heavy atom. The third-order valence-electron chi connectivity index (χ3n) is 4.87. The number of epoxide rings is 1. The minimum Gasteiger partial charge on any atom is -0.490 e. The van der Waals surface area contributed by atoms with E-state index in [1.807, 2.05) is 0 Å². The van der Waals surface area contributed by atoms with Crippen molar-refractivity contribution in [3.05, 3.63) is 41.5 Å². The molecule has 1 fully saturated rings. The second-order valence-electron chi connectivity index (χ2n) is 6.34. The van der Waals surface area contributed by atoms with Crippen LogP contribution in [0.25, 0.3) is 0 Å². The molecule has 0 N–H and O–H groups in total. The summed E-state index contributed by atoms with van der Waals surface area (Å²) in [5.74, 6) is 0.952. The summed E-state index contributed by atoms with van der Waals surface area (Å²) >= 11 is 0. The number of rotatable bonds is 9. The Hall–Kier alpha value is -1.28. The highest BCUT2D eigenvalue weighted by Crippen LogP contribution is 2.42. The Balaban J connectivity index is 1.74. The van der Waals surface area contributed by atoms with Gasteiger partial charge in [-0.15, -0.1) is 0 Å². The van der Waals surface area contributed by atoms with Crippen LogP contribution in [0.4, 0.5) is 0 Å². The minimum absolute atomic E-state index is 0.149. The van der Waals surface area contributed by atoms with E-state index in [4.69, 9.17) is 9.47 Å². The molecule has 0 aliphatic carbocycles.